The molecule has 5 heteroatoms. The zero-order valence-corrected chi connectivity index (χ0v) is 9.49. The van der Waals surface area contributed by atoms with Crippen molar-refractivity contribution in [3.05, 3.63) is 0 Å². The summed E-state index contributed by atoms with van der Waals surface area (Å²) in [5, 5.41) is 3.12. The van der Waals surface area contributed by atoms with Crippen molar-refractivity contribution in [2.75, 3.05) is 46.5 Å². The van der Waals surface area contributed by atoms with E-state index >= 15 is 0 Å². The summed E-state index contributed by atoms with van der Waals surface area (Å²) in [5.74, 6) is -0.211. The molecule has 1 unspecified atom stereocenters. The molecule has 1 aliphatic rings. The van der Waals surface area contributed by atoms with Crippen molar-refractivity contribution < 1.29 is 14.3 Å². The molecular formula is C10H20N2O3. The van der Waals surface area contributed by atoms with E-state index in [1.165, 1.54) is 7.11 Å². The number of nitrogens with one attached hydrogen (secondary N) is 1. The Morgan fingerprint density at radius 3 is 2.80 bits per heavy atom. The average molecular weight is 216 g/mol. The van der Waals surface area contributed by atoms with Gasteiger partial charge in [-0.15, -0.1) is 0 Å². The maximum absolute atomic E-state index is 11.1. The quantitative estimate of drug-likeness (QED) is 0.626. The summed E-state index contributed by atoms with van der Waals surface area (Å²) in [6, 6.07) is -0.226. The van der Waals surface area contributed by atoms with E-state index < -0.39 is 0 Å². The normalized spacial score (nSPS) is 19.9. The van der Waals surface area contributed by atoms with Gasteiger partial charge in [-0.2, -0.15) is 0 Å². The number of nitrogens with zero attached hydrogens (tertiary/aromatic N) is 1. The van der Waals surface area contributed by atoms with Crippen molar-refractivity contribution in [2.45, 2.75) is 13.0 Å². The first-order valence-electron chi connectivity index (χ1n) is 5.35. The first-order valence-corrected chi connectivity index (χ1v) is 5.35. The molecule has 15 heavy (non-hydrogen) atoms. The lowest BCUT2D eigenvalue weighted by Crippen LogP contribution is -2.43. The van der Waals surface area contributed by atoms with Crippen molar-refractivity contribution in [1.82, 2.24) is 10.2 Å². The SMILES string of the molecule is COC(=O)C(C)NCCN1CCOCC1. The van der Waals surface area contributed by atoms with Gasteiger partial charge in [0.2, 0.25) is 0 Å². The maximum Gasteiger partial charge on any atom is 0.322 e. The molecule has 1 aliphatic heterocycles. The Morgan fingerprint density at radius 1 is 1.53 bits per heavy atom. The zero-order chi connectivity index (χ0) is 11.1. The number of carbonyl (C=O) groups excluding carboxylic acids is 1. The predicted molar refractivity (Wildman–Crippen MR) is 56.7 cm³/mol. The first-order chi connectivity index (χ1) is 7.24. The minimum atomic E-state index is -0.226. The number of hydrogen-bond acceptors (Lipinski definition) is 5. The third-order valence-electron chi connectivity index (χ3n) is 2.54. The van der Waals surface area contributed by atoms with Crippen LogP contribution in [-0.2, 0) is 14.3 Å². The highest BCUT2D eigenvalue weighted by molar-refractivity contribution is 5.74. The van der Waals surface area contributed by atoms with Crippen LogP contribution in [0.1, 0.15) is 6.92 Å². The molecule has 88 valence electrons. The number of carbonyl (C=O) groups is 1. The third-order valence-corrected chi connectivity index (χ3v) is 2.54. The molecule has 0 aliphatic carbocycles. The number of hydrogen-bond donors (Lipinski definition) is 1. The van der Waals surface area contributed by atoms with E-state index in [1.54, 1.807) is 0 Å². The number of methoxy groups -OCH3 is 1. The van der Waals surface area contributed by atoms with Crippen molar-refractivity contribution >= 4 is 5.97 Å². The maximum atomic E-state index is 11.1. The van der Waals surface area contributed by atoms with Crippen LogP contribution in [0.4, 0.5) is 0 Å². The summed E-state index contributed by atoms with van der Waals surface area (Å²) in [4.78, 5) is 13.4. The van der Waals surface area contributed by atoms with Crippen LogP contribution < -0.4 is 5.32 Å². The second-order valence-electron chi connectivity index (χ2n) is 3.65. The van der Waals surface area contributed by atoms with Crippen LogP contribution in [0.2, 0.25) is 0 Å². The summed E-state index contributed by atoms with van der Waals surface area (Å²) in [5.41, 5.74) is 0. The summed E-state index contributed by atoms with van der Waals surface area (Å²) < 4.78 is 9.87. The van der Waals surface area contributed by atoms with Gasteiger partial charge in [0.15, 0.2) is 0 Å². The van der Waals surface area contributed by atoms with Gasteiger partial charge in [-0.25, -0.2) is 0 Å². The van der Waals surface area contributed by atoms with Crippen LogP contribution in [0.5, 0.6) is 0 Å². The number of esters is 1. The summed E-state index contributed by atoms with van der Waals surface area (Å²) >= 11 is 0. The lowest BCUT2D eigenvalue weighted by atomic mass is 10.3. The van der Waals surface area contributed by atoms with E-state index in [1.807, 2.05) is 6.92 Å². The van der Waals surface area contributed by atoms with Crippen LogP contribution in [0.25, 0.3) is 0 Å². The standard InChI is InChI=1S/C10H20N2O3/c1-9(10(13)14-2)11-3-4-12-5-7-15-8-6-12/h9,11H,3-8H2,1-2H3. The van der Waals surface area contributed by atoms with Gasteiger partial charge in [0.25, 0.3) is 0 Å². The Kier molecular flexibility index (Phi) is 5.60. The van der Waals surface area contributed by atoms with Crippen LogP contribution >= 0.6 is 0 Å². The Morgan fingerprint density at radius 2 is 2.20 bits per heavy atom. The minimum Gasteiger partial charge on any atom is -0.468 e. The Hall–Kier alpha value is -0.650. The number of morpholine rings is 1. The topological polar surface area (TPSA) is 50.8 Å². The van der Waals surface area contributed by atoms with E-state index in [9.17, 15) is 4.79 Å². The van der Waals surface area contributed by atoms with E-state index in [0.717, 1.165) is 39.4 Å². The van der Waals surface area contributed by atoms with Gasteiger partial charge in [0.1, 0.15) is 6.04 Å². The molecule has 0 spiro atoms. The van der Waals surface area contributed by atoms with Gasteiger partial charge in [-0.1, -0.05) is 0 Å². The molecule has 0 amide bonds. The van der Waals surface area contributed by atoms with Gasteiger partial charge in [-0.05, 0) is 6.92 Å². The summed E-state index contributed by atoms with van der Waals surface area (Å²) in [6.45, 7) is 7.15. The molecule has 1 fully saturated rings. The Balaban J connectivity index is 2.07. The van der Waals surface area contributed by atoms with Gasteiger partial charge >= 0.3 is 5.97 Å². The molecule has 0 saturated carbocycles. The molecule has 1 rings (SSSR count). The van der Waals surface area contributed by atoms with Crippen LogP contribution in [0, 0.1) is 0 Å². The molecule has 0 aromatic carbocycles. The van der Waals surface area contributed by atoms with Gasteiger partial charge in [-0.3, -0.25) is 9.69 Å². The fourth-order valence-electron chi connectivity index (χ4n) is 1.52. The van der Waals surface area contributed by atoms with Gasteiger partial charge < -0.3 is 14.8 Å². The molecule has 0 aromatic rings. The van der Waals surface area contributed by atoms with Crippen LogP contribution in [-0.4, -0.2) is 63.4 Å². The third kappa shape index (κ3) is 4.59. The average Bonchev–Trinajstić information content (AvgIpc) is 2.29. The highest BCUT2D eigenvalue weighted by atomic mass is 16.5. The molecule has 0 aromatic heterocycles. The minimum absolute atomic E-state index is 0.211. The monoisotopic (exact) mass is 216 g/mol. The summed E-state index contributed by atoms with van der Waals surface area (Å²) in [6.07, 6.45) is 0. The molecule has 5 nitrogen and oxygen atoms in total. The largest absolute Gasteiger partial charge is 0.468 e. The van der Waals surface area contributed by atoms with Gasteiger partial charge in [0, 0.05) is 26.2 Å². The fourth-order valence-corrected chi connectivity index (χ4v) is 1.52. The Bertz CT molecular complexity index is 193. The van der Waals surface area contributed by atoms with Gasteiger partial charge in [0.05, 0.1) is 20.3 Å². The molecule has 1 N–H and O–H groups in total. The summed E-state index contributed by atoms with van der Waals surface area (Å²) in [7, 11) is 1.41. The smallest absolute Gasteiger partial charge is 0.322 e. The fraction of sp³-hybridized carbons (Fsp3) is 0.900. The molecule has 0 radical (unpaired) electrons. The molecule has 1 heterocycles. The van der Waals surface area contributed by atoms with E-state index in [2.05, 4.69) is 15.0 Å². The predicted octanol–water partition coefficient (Wildman–Crippen LogP) is -0.530. The lowest BCUT2D eigenvalue weighted by molar-refractivity contribution is -0.142. The van der Waals surface area contributed by atoms with E-state index in [0.29, 0.717) is 0 Å². The van der Waals surface area contributed by atoms with E-state index in [4.69, 9.17) is 4.74 Å². The highest BCUT2D eigenvalue weighted by Crippen LogP contribution is 1.95. The highest BCUT2D eigenvalue weighted by Gasteiger charge is 2.13. The molecule has 1 atom stereocenters. The van der Waals surface area contributed by atoms with Crippen LogP contribution in [0.15, 0.2) is 0 Å². The van der Waals surface area contributed by atoms with Crippen molar-refractivity contribution in [3.63, 3.8) is 0 Å². The second-order valence-corrected chi connectivity index (χ2v) is 3.65. The lowest BCUT2D eigenvalue weighted by Gasteiger charge is -2.26. The molecule has 0 bridgehead atoms. The van der Waals surface area contributed by atoms with Crippen molar-refractivity contribution in [3.8, 4) is 0 Å². The number of ether oxygens (including phenoxy) is 2. The van der Waals surface area contributed by atoms with E-state index in [-0.39, 0.29) is 12.0 Å². The number of rotatable bonds is 5. The second kappa shape index (κ2) is 6.76. The van der Waals surface area contributed by atoms with Crippen molar-refractivity contribution in [1.29, 1.82) is 0 Å². The molecule has 1 saturated heterocycles. The molecular weight excluding hydrogens is 196 g/mol. The van der Waals surface area contributed by atoms with Crippen LogP contribution in [0.3, 0.4) is 0 Å². The first kappa shape index (κ1) is 12.4. The zero-order valence-electron chi connectivity index (χ0n) is 9.49. The Labute approximate surface area is 90.7 Å². The van der Waals surface area contributed by atoms with Crippen molar-refractivity contribution in [2.24, 2.45) is 0 Å².